The van der Waals surface area contributed by atoms with E-state index in [4.69, 9.17) is 9.47 Å². The number of methoxy groups -OCH3 is 1. The average molecular weight is 306 g/mol. The van der Waals surface area contributed by atoms with Gasteiger partial charge in [-0.2, -0.15) is 0 Å². The van der Waals surface area contributed by atoms with Gasteiger partial charge in [0, 0.05) is 26.1 Å². The van der Waals surface area contributed by atoms with Gasteiger partial charge in [-0.05, 0) is 37.1 Å². The normalized spacial score (nSPS) is 13.8. The van der Waals surface area contributed by atoms with Gasteiger partial charge < -0.3 is 19.7 Å². The standard InChI is InChI=1S/C16H22N2O4/c1-21-13-4-6-14(7-5-13)22-12-15(19)17-9-8-16(20)18-10-2-3-11-18/h4-7H,2-3,8-12H2,1H3,(H,17,19). The minimum absolute atomic E-state index is 0.0652. The molecule has 2 amide bonds. The van der Waals surface area contributed by atoms with Crippen molar-refractivity contribution in [3.05, 3.63) is 24.3 Å². The highest BCUT2D eigenvalue weighted by Gasteiger charge is 2.17. The molecule has 0 aromatic heterocycles. The van der Waals surface area contributed by atoms with E-state index in [1.807, 2.05) is 4.90 Å². The first-order chi connectivity index (χ1) is 10.7. The molecule has 2 rings (SSSR count). The van der Waals surface area contributed by atoms with Gasteiger partial charge in [-0.1, -0.05) is 0 Å². The summed E-state index contributed by atoms with van der Waals surface area (Å²) in [6.07, 6.45) is 2.50. The van der Waals surface area contributed by atoms with E-state index < -0.39 is 0 Å². The Kier molecular flexibility index (Phi) is 6.06. The minimum atomic E-state index is -0.231. The molecular formula is C16H22N2O4. The van der Waals surface area contributed by atoms with Gasteiger partial charge in [0.15, 0.2) is 6.61 Å². The van der Waals surface area contributed by atoms with Gasteiger partial charge in [0.1, 0.15) is 11.5 Å². The van der Waals surface area contributed by atoms with E-state index >= 15 is 0 Å². The fraction of sp³-hybridized carbons (Fsp3) is 0.500. The second kappa shape index (κ2) is 8.26. The SMILES string of the molecule is COc1ccc(OCC(=O)NCCC(=O)N2CCCC2)cc1. The number of nitrogens with one attached hydrogen (secondary N) is 1. The zero-order valence-electron chi connectivity index (χ0n) is 12.8. The molecule has 0 bridgehead atoms. The number of amides is 2. The van der Waals surface area contributed by atoms with Crippen LogP contribution in [0.4, 0.5) is 0 Å². The molecule has 1 aliphatic heterocycles. The fourth-order valence-corrected chi connectivity index (χ4v) is 2.31. The summed E-state index contributed by atoms with van der Waals surface area (Å²) < 4.78 is 10.4. The second-order valence-electron chi connectivity index (χ2n) is 5.15. The Balaban J connectivity index is 1.61. The molecule has 1 aliphatic rings. The minimum Gasteiger partial charge on any atom is -0.497 e. The molecule has 0 unspecified atom stereocenters. The van der Waals surface area contributed by atoms with E-state index in [0.29, 0.717) is 18.7 Å². The van der Waals surface area contributed by atoms with Crippen molar-refractivity contribution in [1.82, 2.24) is 10.2 Å². The number of benzene rings is 1. The molecular weight excluding hydrogens is 284 g/mol. The van der Waals surface area contributed by atoms with Gasteiger partial charge in [0.05, 0.1) is 7.11 Å². The molecule has 0 aliphatic carbocycles. The molecule has 0 saturated carbocycles. The van der Waals surface area contributed by atoms with Gasteiger partial charge in [-0.25, -0.2) is 0 Å². The quantitative estimate of drug-likeness (QED) is 0.822. The molecule has 1 saturated heterocycles. The number of hydrogen-bond donors (Lipinski definition) is 1. The van der Waals surface area contributed by atoms with Crippen LogP contribution in [0.2, 0.25) is 0 Å². The number of carbonyl (C=O) groups is 2. The molecule has 0 spiro atoms. The van der Waals surface area contributed by atoms with Crippen molar-refractivity contribution >= 4 is 11.8 Å². The van der Waals surface area contributed by atoms with E-state index in [1.165, 1.54) is 0 Å². The molecule has 1 aromatic rings. The Labute approximate surface area is 130 Å². The molecule has 1 aromatic carbocycles. The van der Waals surface area contributed by atoms with E-state index in [2.05, 4.69) is 5.32 Å². The summed E-state index contributed by atoms with van der Waals surface area (Å²) in [6, 6.07) is 7.01. The van der Waals surface area contributed by atoms with Crippen molar-refractivity contribution in [2.24, 2.45) is 0 Å². The van der Waals surface area contributed by atoms with Crippen LogP contribution in [0, 0.1) is 0 Å². The number of likely N-dealkylation sites (tertiary alicyclic amines) is 1. The van der Waals surface area contributed by atoms with Crippen LogP contribution < -0.4 is 14.8 Å². The zero-order chi connectivity index (χ0) is 15.8. The molecule has 1 N–H and O–H groups in total. The first-order valence-electron chi connectivity index (χ1n) is 7.50. The summed E-state index contributed by atoms with van der Waals surface area (Å²) >= 11 is 0. The summed E-state index contributed by atoms with van der Waals surface area (Å²) in [5.41, 5.74) is 0. The van der Waals surface area contributed by atoms with Gasteiger partial charge >= 0.3 is 0 Å². The van der Waals surface area contributed by atoms with E-state index in [1.54, 1.807) is 31.4 Å². The van der Waals surface area contributed by atoms with E-state index in [9.17, 15) is 9.59 Å². The third-order valence-electron chi connectivity index (χ3n) is 3.55. The Hall–Kier alpha value is -2.24. The molecule has 0 radical (unpaired) electrons. The molecule has 1 fully saturated rings. The zero-order valence-corrected chi connectivity index (χ0v) is 12.8. The summed E-state index contributed by atoms with van der Waals surface area (Å²) in [5, 5.41) is 2.69. The topological polar surface area (TPSA) is 67.9 Å². The molecule has 6 nitrogen and oxygen atoms in total. The summed E-state index contributed by atoms with van der Waals surface area (Å²) in [4.78, 5) is 25.3. The first-order valence-corrected chi connectivity index (χ1v) is 7.50. The molecule has 120 valence electrons. The second-order valence-corrected chi connectivity index (χ2v) is 5.15. The summed E-state index contributed by atoms with van der Waals surface area (Å²) in [6.45, 7) is 1.96. The van der Waals surface area contributed by atoms with Crippen molar-refractivity contribution in [1.29, 1.82) is 0 Å². The number of ether oxygens (including phenoxy) is 2. The monoisotopic (exact) mass is 306 g/mol. The Morgan fingerprint density at radius 3 is 2.41 bits per heavy atom. The van der Waals surface area contributed by atoms with Crippen molar-refractivity contribution in [2.75, 3.05) is 33.4 Å². The molecule has 1 heterocycles. The van der Waals surface area contributed by atoms with Crippen LogP contribution in [-0.2, 0) is 9.59 Å². The Morgan fingerprint density at radius 1 is 1.14 bits per heavy atom. The number of rotatable bonds is 7. The lowest BCUT2D eigenvalue weighted by atomic mass is 10.3. The van der Waals surface area contributed by atoms with Crippen molar-refractivity contribution in [3.8, 4) is 11.5 Å². The maximum Gasteiger partial charge on any atom is 0.257 e. The summed E-state index contributed by atoms with van der Waals surface area (Å²) in [7, 11) is 1.59. The van der Waals surface area contributed by atoms with Gasteiger partial charge in [0.25, 0.3) is 5.91 Å². The molecule has 0 atom stereocenters. The maximum atomic E-state index is 11.8. The lowest BCUT2D eigenvalue weighted by Crippen LogP contribution is -2.34. The van der Waals surface area contributed by atoms with Crippen molar-refractivity contribution in [3.63, 3.8) is 0 Å². The van der Waals surface area contributed by atoms with Gasteiger partial charge in [0.2, 0.25) is 5.91 Å². The molecule has 6 heteroatoms. The van der Waals surface area contributed by atoms with Crippen LogP contribution in [0.5, 0.6) is 11.5 Å². The third kappa shape index (κ3) is 4.95. The number of carbonyl (C=O) groups excluding carboxylic acids is 2. The van der Waals surface area contributed by atoms with Crippen molar-refractivity contribution < 1.29 is 19.1 Å². The van der Waals surface area contributed by atoms with Gasteiger partial charge in [-0.3, -0.25) is 9.59 Å². The van der Waals surface area contributed by atoms with Gasteiger partial charge in [-0.15, -0.1) is 0 Å². The number of nitrogens with zero attached hydrogens (tertiary/aromatic N) is 1. The highest BCUT2D eigenvalue weighted by Crippen LogP contribution is 2.16. The van der Waals surface area contributed by atoms with Crippen LogP contribution in [0.3, 0.4) is 0 Å². The predicted octanol–water partition coefficient (Wildman–Crippen LogP) is 1.20. The molecule has 22 heavy (non-hydrogen) atoms. The van der Waals surface area contributed by atoms with Crippen molar-refractivity contribution in [2.45, 2.75) is 19.3 Å². The lowest BCUT2D eigenvalue weighted by Gasteiger charge is -2.15. The Bertz CT molecular complexity index is 495. The highest BCUT2D eigenvalue weighted by molar-refractivity contribution is 5.80. The van der Waals surface area contributed by atoms with Crippen LogP contribution in [0.1, 0.15) is 19.3 Å². The van der Waals surface area contributed by atoms with Crippen LogP contribution >= 0.6 is 0 Å². The van der Waals surface area contributed by atoms with Crippen LogP contribution in [-0.4, -0.2) is 50.1 Å². The fourth-order valence-electron chi connectivity index (χ4n) is 2.31. The average Bonchev–Trinajstić information content (AvgIpc) is 3.08. The van der Waals surface area contributed by atoms with Crippen LogP contribution in [0.25, 0.3) is 0 Å². The van der Waals surface area contributed by atoms with E-state index in [0.717, 1.165) is 31.7 Å². The predicted molar refractivity (Wildman–Crippen MR) is 81.9 cm³/mol. The lowest BCUT2D eigenvalue weighted by molar-refractivity contribution is -0.130. The summed E-state index contributed by atoms with van der Waals surface area (Å²) in [5.74, 6) is 1.21. The first kappa shape index (κ1) is 16.1. The largest absolute Gasteiger partial charge is 0.497 e. The maximum absolute atomic E-state index is 11.8. The number of hydrogen-bond acceptors (Lipinski definition) is 4. The smallest absolute Gasteiger partial charge is 0.257 e. The van der Waals surface area contributed by atoms with E-state index in [-0.39, 0.29) is 18.4 Å². The Morgan fingerprint density at radius 2 is 1.77 bits per heavy atom. The highest BCUT2D eigenvalue weighted by atomic mass is 16.5. The third-order valence-corrected chi connectivity index (χ3v) is 3.55. The van der Waals surface area contributed by atoms with Crippen LogP contribution in [0.15, 0.2) is 24.3 Å².